The third kappa shape index (κ3) is 5.28. The summed E-state index contributed by atoms with van der Waals surface area (Å²) >= 11 is 1.26. The average Bonchev–Trinajstić information content (AvgIpc) is 3.33. The van der Waals surface area contributed by atoms with Crippen molar-refractivity contribution in [2.75, 3.05) is 6.54 Å². The molecule has 8 nitrogen and oxygen atoms in total. The number of carbonyl (C=O) groups is 1. The number of nitrogens with zero attached hydrogens (tertiary/aromatic N) is 2. The Morgan fingerprint density at radius 1 is 1.21 bits per heavy atom. The second-order valence-electron chi connectivity index (χ2n) is 6.48. The van der Waals surface area contributed by atoms with E-state index in [2.05, 4.69) is 20.2 Å². The quantitative estimate of drug-likeness (QED) is 0.563. The van der Waals surface area contributed by atoms with E-state index in [1.807, 2.05) is 38.1 Å². The molecule has 2 aromatic heterocycles. The lowest BCUT2D eigenvalue weighted by Gasteiger charge is -2.08. The van der Waals surface area contributed by atoms with Gasteiger partial charge in [0, 0.05) is 17.8 Å². The van der Waals surface area contributed by atoms with Crippen LogP contribution in [-0.4, -0.2) is 31.0 Å². The molecule has 0 atom stereocenters. The van der Waals surface area contributed by atoms with Crippen LogP contribution in [0.2, 0.25) is 0 Å². The summed E-state index contributed by atoms with van der Waals surface area (Å²) in [5.41, 5.74) is 2.07. The molecule has 29 heavy (non-hydrogen) atoms. The molecule has 3 aromatic rings. The fraction of sp³-hybridized carbons (Fsp3) is 0.316. The summed E-state index contributed by atoms with van der Waals surface area (Å²) in [4.78, 5) is 17.5. The maximum atomic E-state index is 12.6. The number of amides is 1. The van der Waals surface area contributed by atoms with Crippen LogP contribution < -0.4 is 10.0 Å². The molecule has 1 aromatic carbocycles. The van der Waals surface area contributed by atoms with Crippen molar-refractivity contribution < 1.29 is 17.7 Å². The molecule has 3 rings (SSSR count). The minimum atomic E-state index is -3.85. The Hall–Kier alpha value is -2.56. The van der Waals surface area contributed by atoms with E-state index in [9.17, 15) is 13.2 Å². The lowest BCUT2D eigenvalue weighted by molar-refractivity contribution is -0.120. The monoisotopic (exact) mass is 434 g/mol. The highest BCUT2D eigenvalue weighted by Gasteiger charge is 2.23. The van der Waals surface area contributed by atoms with Gasteiger partial charge in [0.15, 0.2) is 0 Å². The van der Waals surface area contributed by atoms with Crippen LogP contribution in [0.15, 0.2) is 39.8 Å². The standard InChI is InChI=1S/C19H22N4O4S2/c1-4-18-22-19(23-27-18)15-9-16(13(3)28-15)29(25,26)21-11-17(24)20-10-14-7-5-12(2)6-8-14/h5-9,21H,4,10-11H2,1-3H3,(H,20,24). The molecule has 0 aliphatic heterocycles. The molecule has 0 bridgehead atoms. The van der Waals surface area contributed by atoms with E-state index in [0.717, 1.165) is 11.1 Å². The summed E-state index contributed by atoms with van der Waals surface area (Å²) in [6, 6.07) is 9.23. The smallest absolute Gasteiger partial charge is 0.242 e. The molecule has 10 heteroatoms. The number of rotatable bonds is 8. The van der Waals surface area contributed by atoms with Crippen molar-refractivity contribution in [1.29, 1.82) is 0 Å². The Morgan fingerprint density at radius 2 is 1.93 bits per heavy atom. The van der Waals surface area contributed by atoms with E-state index in [4.69, 9.17) is 4.52 Å². The van der Waals surface area contributed by atoms with Gasteiger partial charge in [0.2, 0.25) is 27.6 Å². The third-order valence-corrected chi connectivity index (χ3v) is 6.89. The molecule has 154 valence electrons. The fourth-order valence-corrected chi connectivity index (χ4v) is 5.05. The van der Waals surface area contributed by atoms with Gasteiger partial charge < -0.3 is 9.84 Å². The molecule has 0 spiro atoms. The normalized spacial score (nSPS) is 11.6. The topological polar surface area (TPSA) is 114 Å². The minimum absolute atomic E-state index is 0.103. The van der Waals surface area contributed by atoms with Gasteiger partial charge in [-0.3, -0.25) is 4.79 Å². The van der Waals surface area contributed by atoms with E-state index >= 15 is 0 Å². The lowest BCUT2D eigenvalue weighted by Crippen LogP contribution is -2.36. The lowest BCUT2D eigenvalue weighted by atomic mass is 10.1. The molecule has 0 aliphatic rings. The summed E-state index contributed by atoms with van der Waals surface area (Å²) in [7, 11) is -3.85. The zero-order valence-corrected chi connectivity index (χ0v) is 18.0. The third-order valence-electron chi connectivity index (χ3n) is 4.19. The molecule has 0 aliphatic carbocycles. The number of hydrogen-bond donors (Lipinski definition) is 2. The Morgan fingerprint density at radius 3 is 2.59 bits per heavy atom. The Kier molecular flexibility index (Phi) is 6.46. The molecule has 0 radical (unpaired) electrons. The van der Waals surface area contributed by atoms with Gasteiger partial charge >= 0.3 is 0 Å². The molecule has 1 amide bonds. The van der Waals surface area contributed by atoms with Gasteiger partial charge in [0.05, 0.1) is 16.3 Å². The first kappa shape index (κ1) is 21.2. The fourth-order valence-electron chi connectivity index (χ4n) is 2.55. The van der Waals surface area contributed by atoms with Gasteiger partial charge in [-0.05, 0) is 25.5 Å². The molecule has 0 fully saturated rings. The first-order valence-electron chi connectivity index (χ1n) is 9.04. The zero-order valence-electron chi connectivity index (χ0n) is 16.4. The molecule has 0 saturated heterocycles. The van der Waals surface area contributed by atoms with Gasteiger partial charge in [-0.1, -0.05) is 41.9 Å². The molecule has 0 unspecified atom stereocenters. The van der Waals surface area contributed by atoms with Crippen LogP contribution in [-0.2, 0) is 27.8 Å². The summed E-state index contributed by atoms with van der Waals surface area (Å²) in [6.45, 7) is 5.55. The second-order valence-corrected chi connectivity index (χ2v) is 9.47. The van der Waals surface area contributed by atoms with E-state index in [0.29, 0.717) is 34.4 Å². The minimum Gasteiger partial charge on any atom is -0.351 e. The highest BCUT2D eigenvalue weighted by Crippen LogP contribution is 2.31. The van der Waals surface area contributed by atoms with Crippen molar-refractivity contribution in [1.82, 2.24) is 20.2 Å². The van der Waals surface area contributed by atoms with Crippen LogP contribution in [0.1, 0.15) is 28.8 Å². The number of benzene rings is 1. The van der Waals surface area contributed by atoms with Crippen LogP contribution in [0.4, 0.5) is 0 Å². The maximum Gasteiger partial charge on any atom is 0.242 e. The Labute approximate surface area is 173 Å². The Balaban J connectivity index is 1.61. The summed E-state index contributed by atoms with van der Waals surface area (Å²) in [6.07, 6.45) is 0.599. The van der Waals surface area contributed by atoms with Gasteiger partial charge in [0.25, 0.3) is 0 Å². The van der Waals surface area contributed by atoms with Crippen molar-refractivity contribution in [3.05, 3.63) is 52.2 Å². The number of aryl methyl sites for hydroxylation is 3. The SMILES string of the molecule is CCc1nc(-c2cc(S(=O)(=O)NCC(=O)NCc3ccc(C)cc3)c(C)s2)no1. The molecular formula is C19H22N4O4S2. The van der Waals surface area contributed by atoms with E-state index < -0.39 is 15.9 Å². The van der Waals surface area contributed by atoms with E-state index in [1.165, 1.54) is 17.4 Å². The predicted octanol–water partition coefficient (Wildman–Crippen LogP) is 2.57. The summed E-state index contributed by atoms with van der Waals surface area (Å²) in [5, 5.41) is 6.57. The van der Waals surface area contributed by atoms with Crippen molar-refractivity contribution in [3.8, 4) is 10.7 Å². The van der Waals surface area contributed by atoms with Crippen LogP contribution in [0, 0.1) is 13.8 Å². The number of hydrogen-bond acceptors (Lipinski definition) is 7. The van der Waals surface area contributed by atoms with Crippen molar-refractivity contribution in [3.63, 3.8) is 0 Å². The van der Waals surface area contributed by atoms with Crippen molar-refractivity contribution in [2.24, 2.45) is 0 Å². The first-order chi connectivity index (χ1) is 13.8. The largest absolute Gasteiger partial charge is 0.351 e. The van der Waals surface area contributed by atoms with Crippen molar-refractivity contribution in [2.45, 2.75) is 38.6 Å². The number of sulfonamides is 1. The molecule has 2 heterocycles. The number of aromatic nitrogens is 2. The van der Waals surface area contributed by atoms with Gasteiger partial charge in [-0.2, -0.15) is 4.98 Å². The van der Waals surface area contributed by atoms with E-state index in [-0.39, 0.29) is 11.4 Å². The van der Waals surface area contributed by atoms with Gasteiger partial charge in [-0.15, -0.1) is 11.3 Å². The predicted molar refractivity (Wildman–Crippen MR) is 110 cm³/mol. The van der Waals surface area contributed by atoms with Crippen LogP contribution >= 0.6 is 11.3 Å². The van der Waals surface area contributed by atoms with Crippen LogP contribution in [0.25, 0.3) is 10.7 Å². The highest BCUT2D eigenvalue weighted by molar-refractivity contribution is 7.89. The average molecular weight is 435 g/mol. The molecular weight excluding hydrogens is 412 g/mol. The summed E-state index contributed by atoms with van der Waals surface area (Å²) < 4.78 is 32.7. The number of carbonyl (C=O) groups excluding carboxylic acids is 1. The van der Waals surface area contributed by atoms with Gasteiger partial charge in [-0.25, -0.2) is 13.1 Å². The zero-order chi connectivity index (χ0) is 21.0. The number of nitrogens with one attached hydrogen (secondary N) is 2. The summed E-state index contributed by atoms with van der Waals surface area (Å²) in [5.74, 6) is 0.430. The Bertz CT molecular complexity index is 1100. The van der Waals surface area contributed by atoms with Gasteiger partial charge in [0.1, 0.15) is 0 Å². The van der Waals surface area contributed by atoms with Crippen molar-refractivity contribution >= 4 is 27.3 Å². The maximum absolute atomic E-state index is 12.6. The molecule has 2 N–H and O–H groups in total. The second kappa shape index (κ2) is 8.85. The van der Waals surface area contributed by atoms with E-state index in [1.54, 1.807) is 6.92 Å². The van der Waals surface area contributed by atoms with Crippen LogP contribution in [0.3, 0.4) is 0 Å². The highest BCUT2D eigenvalue weighted by atomic mass is 32.2. The van der Waals surface area contributed by atoms with Crippen LogP contribution in [0.5, 0.6) is 0 Å². The number of thiophene rings is 1. The first-order valence-corrected chi connectivity index (χ1v) is 11.3. The molecule has 0 saturated carbocycles.